The molecule has 1 unspecified atom stereocenters. The van der Waals surface area contributed by atoms with Gasteiger partial charge < -0.3 is 20.6 Å². The molecule has 0 aliphatic carbocycles. The molecule has 0 aromatic heterocycles. The molecule has 0 radical (unpaired) electrons. The summed E-state index contributed by atoms with van der Waals surface area (Å²) in [5.74, 6) is 0. The first-order valence-electron chi connectivity index (χ1n) is 6.36. The quantitative estimate of drug-likeness (QED) is 0.750. The average molecular weight is 265 g/mol. The van der Waals surface area contributed by atoms with E-state index in [2.05, 4.69) is 16.7 Å². The van der Waals surface area contributed by atoms with Crippen molar-refractivity contribution in [2.45, 2.75) is 26.4 Å². The van der Waals surface area contributed by atoms with Gasteiger partial charge in [0.15, 0.2) is 0 Å². The van der Waals surface area contributed by atoms with E-state index in [0.29, 0.717) is 6.54 Å². The average Bonchev–Trinajstić information content (AvgIpc) is 2.36. The highest BCUT2D eigenvalue weighted by Crippen LogP contribution is 2.19. The maximum Gasteiger partial charge on any atom is 0.315 e. The maximum atomic E-state index is 11.6. The molecule has 0 fully saturated rings. The van der Waals surface area contributed by atoms with Crippen LogP contribution in [0, 0.1) is 6.92 Å². The molecule has 0 saturated carbocycles. The van der Waals surface area contributed by atoms with Gasteiger partial charge in [0, 0.05) is 26.3 Å². The maximum absolute atomic E-state index is 11.6. The summed E-state index contributed by atoms with van der Waals surface area (Å²) in [5, 5.41) is 14.3. The summed E-state index contributed by atoms with van der Waals surface area (Å²) in [6.45, 7) is 4.18. The van der Waals surface area contributed by atoms with Crippen LogP contribution in [0.4, 0.5) is 10.5 Å². The van der Waals surface area contributed by atoms with Gasteiger partial charge in [-0.25, -0.2) is 4.79 Å². The Balaban J connectivity index is 2.65. The highest BCUT2D eigenvalue weighted by atomic mass is 16.3. The molecule has 1 atom stereocenters. The molecule has 0 spiro atoms. The molecular weight excluding hydrogens is 242 g/mol. The van der Waals surface area contributed by atoms with Gasteiger partial charge in [0.05, 0.1) is 12.6 Å². The van der Waals surface area contributed by atoms with E-state index >= 15 is 0 Å². The van der Waals surface area contributed by atoms with Crippen molar-refractivity contribution in [3.05, 3.63) is 29.3 Å². The van der Waals surface area contributed by atoms with E-state index in [4.69, 9.17) is 5.11 Å². The Labute approximate surface area is 114 Å². The number of carbonyl (C=O) groups is 1. The predicted molar refractivity (Wildman–Crippen MR) is 77.4 cm³/mol. The van der Waals surface area contributed by atoms with Crippen LogP contribution in [0.25, 0.3) is 0 Å². The molecule has 5 heteroatoms. The van der Waals surface area contributed by atoms with Gasteiger partial charge in [0.25, 0.3) is 0 Å². The lowest BCUT2D eigenvalue weighted by Crippen LogP contribution is -2.42. The second-order valence-corrected chi connectivity index (χ2v) is 4.94. The summed E-state index contributed by atoms with van der Waals surface area (Å²) in [6, 6.07) is 5.61. The van der Waals surface area contributed by atoms with E-state index < -0.39 is 0 Å². The van der Waals surface area contributed by atoms with Crippen LogP contribution < -0.4 is 15.5 Å². The van der Waals surface area contributed by atoms with Crippen LogP contribution in [0.2, 0.25) is 0 Å². The van der Waals surface area contributed by atoms with Gasteiger partial charge in [-0.2, -0.15) is 0 Å². The molecule has 1 aromatic carbocycles. The van der Waals surface area contributed by atoms with Crippen LogP contribution in [0.15, 0.2) is 18.2 Å². The predicted octanol–water partition coefficient (Wildman–Crippen LogP) is 1.24. The Morgan fingerprint density at radius 1 is 1.42 bits per heavy atom. The summed E-state index contributed by atoms with van der Waals surface area (Å²) >= 11 is 0. The molecular formula is C14H23N3O2. The van der Waals surface area contributed by atoms with E-state index in [0.717, 1.165) is 11.3 Å². The lowest BCUT2D eigenvalue weighted by atomic mass is 10.1. The molecule has 3 N–H and O–H groups in total. The van der Waals surface area contributed by atoms with Crippen molar-refractivity contribution in [2.75, 3.05) is 25.6 Å². The summed E-state index contributed by atoms with van der Waals surface area (Å²) < 4.78 is 0. The number of benzene rings is 1. The molecule has 5 nitrogen and oxygen atoms in total. The Kier molecular flexibility index (Phi) is 5.63. The SMILES string of the molecule is Cc1ccc(CNC(=O)NC(C)CO)c(N(C)C)c1. The second-order valence-electron chi connectivity index (χ2n) is 4.94. The van der Waals surface area contributed by atoms with Crippen LogP contribution in [0.5, 0.6) is 0 Å². The minimum Gasteiger partial charge on any atom is -0.394 e. The van der Waals surface area contributed by atoms with Crippen molar-refractivity contribution < 1.29 is 9.90 Å². The van der Waals surface area contributed by atoms with Crippen molar-refractivity contribution in [2.24, 2.45) is 0 Å². The molecule has 0 saturated heterocycles. The number of amides is 2. The highest BCUT2D eigenvalue weighted by Gasteiger charge is 2.08. The van der Waals surface area contributed by atoms with Crippen molar-refractivity contribution in [1.29, 1.82) is 0 Å². The molecule has 0 bridgehead atoms. The Morgan fingerprint density at radius 3 is 2.68 bits per heavy atom. The Bertz CT molecular complexity index is 433. The summed E-state index contributed by atoms with van der Waals surface area (Å²) in [7, 11) is 3.96. The largest absolute Gasteiger partial charge is 0.394 e. The number of aliphatic hydroxyl groups excluding tert-OH is 1. The molecule has 1 aromatic rings. The van der Waals surface area contributed by atoms with Gasteiger partial charge in [-0.05, 0) is 31.0 Å². The minimum absolute atomic E-state index is 0.0686. The fourth-order valence-corrected chi connectivity index (χ4v) is 1.74. The van der Waals surface area contributed by atoms with E-state index in [1.165, 1.54) is 5.56 Å². The van der Waals surface area contributed by atoms with Gasteiger partial charge >= 0.3 is 6.03 Å². The molecule has 0 aliphatic rings. The van der Waals surface area contributed by atoms with Gasteiger partial charge in [0.2, 0.25) is 0 Å². The zero-order chi connectivity index (χ0) is 14.4. The monoisotopic (exact) mass is 265 g/mol. The third-order valence-electron chi connectivity index (χ3n) is 2.81. The lowest BCUT2D eigenvalue weighted by molar-refractivity contribution is 0.220. The molecule has 2 amide bonds. The zero-order valence-corrected chi connectivity index (χ0v) is 12.0. The molecule has 106 valence electrons. The number of carbonyl (C=O) groups excluding carboxylic acids is 1. The van der Waals surface area contributed by atoms with Crippen molar-refractivity contribution in [3.8, 4) is 0 Å². The third kappa shape index (κ3) is 4.79. The van der Waals surface area contributed by atoms with Crippen LogP contribution in [0.3, 0.4) is 0 Å². The van der Waals surface area contributed by atoms with E-state index in [9.17, 15) is 4.79 Å². The summed E-state index contributed by atoms with van der Waals surface area (Å²) in [4.78, 5) is 13.6. The second kappa shape index (κ2) is 6.99. The lowest BCUT2D eigenvalue weighted by Gasteiger charge is -2.19. The normalized spacial score (nSPS) is 11.8. The smallest absolute Gasteiger partial charge is 0.315 e. The standard InChI is InChI=1S/C14H23N3O2/c1-10-5-6-12(13(7-10)17(3)4)8-15-14(19)16-11(2)9-18/h5-7,11,18H,8-9H2,1-4H3,(H2,15,16,19). The minimum atomic E-state index is -0.271. The van der Waals surface area contributed by atoms with Crippen molar-refractivity contribution in [1.82, 2.24) is 10.6 Å². The number of hydrogen-bond acceptors (Lipinski definition) is 3. The van der Waals surface area contributed by atoms with Gasteiger partial charge in [0.1, 0.15) is 0 Å². The molecule has 19 heavy (non-hydrogen) atoms. The van der Waals surface area contributed by atoms with Crippen LogP contribution >= 0.6 is 0 Å². The van der Waals surface area contributed by atoms with Crippen LogP contribution in [-0.4, -0.2) is 37.9 Å². The number of nitrogens with one attached hydrogen (secondary N) is 2. The summed E-state index contributed by atoms with van der Waals surface area (Å²) in [5.41, 5.74) is 3.34. The zero-order valence-electron chi connectivity index (χ0n) is 12.0. The topological polar surface area (TPSA) is 64.6 Å². The fourth-order valence-electron chi connectivity index (χ4n) is 1.74. The van der Waals surface area contributed by atoms with Gasteiger partial charge in [-0.15, -0.1) is 0 Å². The number of aliphatic hydroxyl groups is 1. The first-order valence-corrected chi connectivity index (χ1v) is 6.36. The van der Waals surface area contributed by atoms with E-state index in [1.54, 1.807) is 6.92 Å². The first-order chi connectivity index (χ1) is 8.93. The van der Waals surface area contributed by atoms with E-state index in [1.807, 2.05) is 38.1 Å². The number of nitrogens with zero attached hydrogens (tertiary/aromatic N) is 1. The van der Waals surface area contributed by atoms with Crippen LogP contribution in [-0.2, 0) is 6.54 Å². The summed E-state index contributed by atoms with van der Waals surface area (Å²) in [6.07, 6.45) is 0. The third-order valence-corrected chi connectivity index (χ3v) is 2.81. The number of urea groups is 1. The van der Waals surface area contributed by atoms with E-state index in [-0.39, 0.29) is 18.7 Å². The number of rotatable bonds is 5. The van der Waals surface area contributed by atoms with Crippen molar-refractivity contribution in [3.63, 3.8) is 0 Å². The number of anilines is 1. The number of aryl methyl sites for hydroxylation is 1. The highest BCUT2D eigenvalue weighted by molar-refractivity contribution is 5.74. The molecule has 0 heterocycles. The molecule has 0 aliphatic heterocycles. The van der Waals surface area contributed by atoms with Gasteiger partial charge in [-0.3, -0.25) is 0 Å². The Hall–Kier alpha value is -1.75. The first kappa shape index (κ1) is 15.3. The number of hydrogen-bond donors (Lipinski definition) is 3. The van der Waals surface area contributed by atoms with Crippen molar-refractivity contribution >= 4 is 11.7 Å². The van der Waals surface area contributed by atoms with Gasteiger partial charge in [-0.1, -0.05) is 12.1 Å². The Morgan fingerprint density at radius 2 is 2.11 bits per heavy atom. The molecule has 1 rings (SSSR count). The van der Waals surface area contributed by atoms with Crippen LogP contribution in [0.1, 0.15) is 18.1 Å². The fraction of sp³-hybridized carbons (Fsp3) is 0.500.